The normalized spacial score (nSPS) is 37.0. The number of nitrogens with two attached hydrogens (primary N) is 2. The van der Waals surface area contributed by atoms with Gasteiger partial charge < -0.3 is 138 Å². The number of benzene rings is 3. The van der Waals surface area contributed by atoms with Crippen LogP contribution in [-0.4, -0.2) is 318 Å². The van der Waals surface area contributed by atoms with Crippen molar-refractivity contribution in [3.63, 3.8) is 0 Å². The Balaban J connectivity index is 1.02. The van der Waals surface area contributed by atoms with E-state index in [1.807, 2.05) is 0 Å². The molecular weight excluding hydrogens is 1330 g/mol. The minimum absolute atomic E-state index is 0.0913. The zero-order chi connectivity index (χ0) is 72.4. The van der Waals surface area contributed by atoms with E-state index in [0.29, 0.717) is 11.1 Å². The zero-order valence-corrected chi connectivity index (χ0v) is 53.8. The number of aliphatic hydroxyl groups is 13. The van der Waals surface area contributed by atoms with Crippen molar-refractivity contribution in [3.8, 4) is 5.75 Å². The monoisotopic (exact) mass is 1420 g/mol. The minimum atomic E-state index is -2.32. The van der Waals surface area contributed by atoms with E-state index < -0.39 is 252 Å². The Kier molecular flexibility index (Phi) is 26.7. The lowest BCUT2D eigenvalue weighted by atomic mass is 9.92. The molecule has 9 rings (SSSR count). The highest BCUT2D eigenvalue weighted by Gasteiger charge is 2.55. The van der Waals surface area contributed by atoms with E-state index in [9.17, 15) is 90.4 Å². The van der Waals surface area contributed by atoms with Gasteiger partial charge >= 0.3 is 5.97 Å². The molecule has 27 atom stereocenters. The largest absolute Gasteiger partial charge is 0.463 e. The smallest absolute Gasteiger partial charge is 0.310 e. The molecule has 100 heavy (non-hydrogen) atoms. The third-order valence-electron chi connectivity index (χ3n) is 18.3. The highest BCUT2D eigenvalue weighted by atomic mass is 16.7. The second-order valence-corrected chi connectivity index (χ2v) is 25.1. The molecule has 0 aliphatic carbocycles. The van der Waals surface area contributed by atoms with Gasteiger partial charge in [0.05, 0.1) is 51.0 Å². The van der Waals surface area contributed by atoms with Crippen molar-refractivity contribution in [1.29, 1.82) is 0 Å². The van der Waals surface area contributed by atoms with Crippen LogP contribution in [-0.2, 0) is 70.1 Å². The highest BCUT2D eigenvalue weighted by Crippen LogP contribution is 2.33. The SMILES string of the molecule is C[C@@H](c1ccccc1)[C@@H]1NC(=O)CNC(=O)[C@H](CO)NC(=O)[C@@H]([C@@H](O)[C@@H]2CNC(N)N2[C@H]2O[C@H](CO)[C@@H](O)[C@H](O)[C@@H]2O)NC(=O)[C@H]([C@@H](O)[C@@H]2CNC(N)N2)NC(=O)[C@@H](Cc2ccc(O[C@H]3O[C@H](COC(=O)Cc4ccccc4)[C@@H](O[C@H]4O[C@H](CO)[C@@H](O)[C@H](O)[C@@H]4O)[C@H](O)[C@@H]3O)cc2)NC1=O. The Morgan fingerprint density at radius 3 is 1.80 bits per heavy atom. The van der Waals surface area contributed by atoms with Gasteiger partial charge in [-0.2, -0.15) is 0 Å². The van der Waals surface area contributed by atoms with E-state index >= 15 is 9.59 Å². The van der Waals surface area contributed by atoms with Gasteiger partial charge in [0, 0.05) is 25.4 Å². The summed E-state index contributed by atoms with van der Waals surface area (Å²) in [4.78, 5) is 102. The molecule has 552 valence electrons. The van der Waals surface area contributed by atoms with Crippen LogP contribution in [0.15, 0.2) is 84.9 Å². The maximum absolute atomic E-state index is 15.3. The molecule has 6 heterocycles. The van der Waals surface area contributed by atoms with E-state index in [0.717, 1.165) is 4.90 Å². The fourth-order valence-corrected chi connectivity index (χ4v) is 12.5. The van der Waals surface area contributed by atoms with Gasteiger partial charge in [-0.3, -0.25) is 49.5 Å². The Hall–Kier alpha value is -7.17. The summed E-state index contributed by atoms with van der Waals surface area (Å²) in [5.41, 5.74) is 13.7. The van der Waals surface area contributed by atoms with Crippen molar-refractivity contribution in [1.82, 2.24) is 52.8 Å². The average molecular weight is 1420 g/mol. The van der Waals surface area contributed by atoms with Gasteiger partial charge in [0.2, 0.25) is 41.7 Å². The summed E-state index contributed by atoms with van der Waals surface area (Å²) in [7, 11) is 0. The van der Waals surface area contributed by atoms with Crippen LogP contribution in [0.5, 0.6) is 5.75 Å². The maximum atomic E-state index is 15.3. The number of aliphatic hydroxyl groups excluding tert-OH is 13. The molecule has 0 radical (unpaired) electrons. The second-order valence-electron chi connectivity index (χ2n) is 25.1. The molecule has 6 amide bonds. The molecule has 0 aromatic heterocycles. The molecular formula is C62H88N12O26. The maximum Gasteiger partial charge on any atom is 0.310 e. The van der Waals surface area contributed by atoms with Gasteiger partial charge in [0.25, 0.3) is 0 Å². The van der Waals surface area contributed by atoms with Crippen LogP contribution < -0.4 is 64.1 Å². The lowest BCUT2D eigenvalue weighted by Gasteiger charge is -2.47. The Labute approximate surface area is 570 Å². The first-order valence-electron chi connectivity index (χ1n) is 32.3. The van der Waals surface area contributed by atoms with Crippen molar-refractivity contribution < 1.29 is 128 Å². The van der Waals surface area contributed by atoms with Crippen molar-refractivity contribution in [2.24, 2.45) is 11.5 Å². The number of hydrogen-bond donors (Lipinski definition) is 24. The standard InChI is InChI=1S/C62H88N12O26/c1-25(28-10-6-3-7-11-28)39-55(92)68-30(16-27-12-14-29(15-13-27)96-59-51(89)48(86)52(100-60-50(88)47(85)45(83)35(23-77)98-60)36(99-59)24-95-38(79)17-26-8-4-2-5-9-26)54(91)72-40(42(80)31-18-66-61(63)70-31)57(94)73-41(56(93)69-32(21-75)53(90)65-20-37(78)71-39)43(81)33-19-67-62(64)74(33)58-49(87)46(84)44(82)34(22-76)97-58/h2-15,25,30-36,39-52,58-62,66-67,70,75-77,80-89H,16-24,63-64H2,1H3,(H,65,90)(H,68,92)(H,69,93)(H,71,78)(H,72,91)(H,73,94)/t25-,30+,31-,32-,33-,34+,35+,36+,39-,40-,41+,42-,43-,44+,45+,46-,47-,48+,49-,50-,51-,52+,58-,59-,60+,61?,62?/m0/s1. The molecule has 3 aromatic carbocycles. The van der Waals surface area contributed by atoms with E-state index in [1.165, 1.54) is 24.3 Å². The second kappa shape index (κ2) is 34.7. The van der Waals surface area contributed by atoms with Gasteiger partial charge in [-0.25, -0.2) is 4.90 Å². The lowest BCUT2D eigenvalue weighted by Crippen LogP contribution is -2.70. The summed E-state index contributed by atoms with van der Waals surface area (Å²) < 4.78 is 34.7. The summed E-state index contributed by atoms with van der Waals surface area (Å²) in [5, 5.41) is 165. The predicted octanol–water partition coefficient (Wildman–Crippen LogP) is -12.8. The van der Waals surface area contributed by atoms with Crippen LogP contribution in [0, 0.1) is 0 Å². The van der Waals surface area contributed by atoms with Gasteiger partial charge in [-0.15, -0.1) is 0 Å². The number of nitrogens with one attached hydrogen (secondary N) is 9. The van der Waals surface area contributed by atoms with Crippen LogP contribution in [0.25, 0.3) is 0 Å². The summed E-state index contributed by atoms with van der Waals surface area (Å²) in [5.74, 6) is -9.02. The lowest BCUT2D eigenvalue weighted by molar-refractivity contribution is -0.352. The Morgan fingerprint density at radius 2 is 1.16 bits per heavy atom. The van der Waals surface area contributed by atoms with E-state index in [1.54, 1.807) is 67.6 Å². The zero-order valence-electron chi connectivity index (χ0n) is 53.8. The minimum Gasteiger partial charge on any atom is -0.463 e. The number of carbonyl (C=O) groups is 7. The quantitative estimate of drug-likeness (QED) is 0.0467. The number of carbonyl (C=O) groups excluding carboxylic acids is 7. The Bertz CT molecular complexity index is 3230. The number of amides is 6. The molecule has 3 aromatic rings. The number of ether oxygens (including phenoxy) is 6. The van der Waals surface area contributed by atoms with Crippen LogP contribution in [0.2, 0.25) is 0 Å². The molecule has 2 unspecified atom stereocenters. The molecule has 0 saturated carbocycles. The molecule has 0 bridgehead atoms. The van der Waals surface area contributed by atoms with E-state index in [4.69, 9.17) is 39.9 Å². The van der Waals surface area contributed by atoms with Crippen molar-refractivity contribution >= 4 is 41.4 Å². The first-order chi connectivity index (χ1) is 47.7. The summed E-state index contributed by atoms with van der Waals surface area (Å²) >= 11 is 0. The number of hydrogen-bond acceptors (Lipinski definition) is 32. The van der Waals surface area contributed by atoms with E-state index in [2.05, 4.69) is 47.9 Å². The predicted molar refractivity (Wildman–Crippen MR) is 336 cm³/mol. The summed E-state index contributed by atoms with van der Waals surface area (Å²) in [6, 6.07) is 9.55. The van der Waals surface area contributed by atoms with Crippen molar-refractivity contribution in [2.45, 2.75) is 185 Å². The first-order valence-corrected chi connectivity index (χ1v) is 32.3. The molecule has 6 aliphatic heterocycles. The number of nitrogens with zero attached hydrogens (tertiary/aromatic N) is 1. The van der Waals surface area contributed by atoms with Crippen LogP contribution in [0.4, 0.5) is 0 Å². The van der Waals surface area contributed by atoms with Gasteiger partial charge in [0.15, 0.2) is 6.29 Å². The molecule has 6 saturated heterocycles. The summed E-state index contributed by atoms with van der Waals surface area (Å²) in [6.45, 7) is -3.45. The molecule has 6 fully saturated rings. The van der Waals surface area contributed by atoms with Crippen LogP contribution in [0.1, 0.15) is 29.5 Å². The van der Waals surface area contributed by atoms with E-state index in [-0.39, 0.29) is 24.3 Å². The highest BCUT2D eigenvalue weighted by molar-refractivity contribution is 5.98. The van der Waals surface area contributed by atoms with Gasteiger partial charge in [-0.05, 0) is 28.8 Å². The topological polar surface area (TPSA) is 601 Å². The number of rotatable bonds is 20. The molecule has 38 nitrogen and oxygen atoms in total. The molecule has 26 N–H and O–H groups in total. The Morgan fingerprint density at radius 1 is 0.580 bits per heavy atom. The van der Waals surface area contributed by atoms with Crippen LogP contribution >= 0.6 is 0 Å². The molecule has 38 heteroatoms. The molecule has 6 aliphatic rings. The average Bonchev–Trinajstić information content (AvgIpc) is 1.40. The first kappa shape index (κ1) is 77.0. The fraction of sp³-hybridized carbons (Fsp3) is 0.597. The van der Waals surface area contributed by atoms with Crippen LogP contribution in [0.3, 0.4) is 0 Å². The number of esters is 1. The fourth-order valence-electron chi connectivity index (χ4n) is 12.5. The third kappa shape index (κ3) is 18.2. The van der Waals surface area contributed by atoms with Gasteiger partial charge in [0.1, 0.15) is 141 Å². The van der Waals surface area contributed by atoms with Gasteiger partial charge in [-0.1, -0.05) is 79.7 Å². The third-order valence-corrected chi connectivity index (χ3v) is 18.3. The van der Waals surface area contributed by atoms with Crippen molar-refractivity contribution in [3.05, 3.63) is 102 Å². The summed E-state index contributed by atoms with van der Waals surface area (Å²) in [6.07, 6.45) is -34.6. The molecule has 0 spiro atoms. The van der Waals surface area contributed by atoms with Crippen molar-refractivity contribution in [2.75, 3.05) is 46.1 Å².